The van der Waals surface area contributed by atoms with Crippen molar-refractivity contribution in [3.05, 3.63) is 29.8 Å². The Labute approximate surface area is 85.6 Å². The number of aliphatic carboxylic acids is 1. The van der Waals surface area contributed by atoms with Crippen molar-refractivity contribution >= 4 is 17.6 Å². The van der Waals surface area contributed by atoms with Crippen molar-refractivity contribution in [2.24, 2.45) is 5.73 Å². The molecule has 0 fully saturated rings. The summed E-state index contributed by atoms with van der Waals surface area (Å²) in [5.74, 6) is -1.59. The third-order valence-electron chi connectivity index (χ3n) is 1.56. The fourth-order valence-electron chi connectivity index (χ4n) is 0.884. The van der Waals surface area contributed by atoms with Crippen LogP contribution >= 0.6 is 0 Å². The summed E-state index contributed by atoms with van der Waals surface area (Å²) in [6, 6.07) is 6.13. The first-order chi connectivity index (χ1) is 7.09. The first kappa shape index (κ1) is 11.0. The first-order valence-electron chi connectivity index (χ1n) is 4.09. The minimum absolute atomic E-state index is 0.374. The number of carbonyl (C=O) groups excluding carboxylic acids is 1. The molecule has 4 N–H and O–H groups in total. The van der Waals surface area contributed by atoms with Crippen LogP contribution in [0.25, 0.3) is 0 Å². The highest BCUT2D eigenvalue weighted by molar-refractivity contribution is 5.93. The third kappa shape index (κ3) is 3.65. The van der Waals surface area contributed by atoms with Gasteiger partial charge in [0.1, 0.15) is 0 Å². The zero-order valence-electron chi connectivity index (χ0n) is 7.77. The molecule has 0 spiro atoms. The highest BCUT2D eigenvalue weighted by atomic mass is 16.7. The van der Waals surface area contributed by atoms with E-state index in [4.69, 9.17) is 10.8 Å². The van der Waals surface area contributed by atoms with Crippen LogP contribution in [0.3, 0.4) is 0 Å². The van der Waals surface area contributed by atoms with Crippen LogP contribution in [0.1, 0.15) is 10.4 Å². The molecule has 0 atom stereocenters. The zero-order chi connectivity index (χ0) is 11.3. The molecule has 80 valence electrons. The van der Waals surface area contributed by atoms with Crippen LogP contribution in [-0.4, -0.2) is 23.6 Å². The fraction of sp³-hybridized carbons (Fsp3) is 0.111. The van der Waals surface area contributed by atoms with E-state index in [1.807, 2.05) is 0 Å². The maximum Gasteiger partial charge on any atom is 0.332 e. The lowest BCUT2D eigenvalue weighted by atomic mass is 10.2. The molecule has 6 heteroatoms. The maximum atomic E-state index is 10.7. The Morgan fingerprint density at radius 1 is 1.33 bits per heavy atom. The van der Waals surface area contributed by atoms with Crippen LogP contribution in [0.15, 0.2) is 24.3 Å². The highest BCUT2D eigenvalue weighted by Gasteiger charge is 2.00. The number of amides is 1. The van der Waals surface area contributed by atoms with Crippen LogP contribution in [0.2, 0.25) is 0 Å². The number of carboxylic acid groups (broad SMARTS) is 1. The van der Waals surface area contributed by atoms with Gasteiger partial charge in [0.15, 0.2) is 6.61 Å². The van der Waals surface area contributed by atoms with E-state index in [1.54, 1.807) is 12.1 Å². The smallest absolute Gasteiger partial charge is 0.332 e. The number of hydrogen-bond donors (Lipinski definition) is 3. The number of anilines is 1. The van der Waals surface area contributed by atoms with Crippen molar-refractivity contribution < 1.29 is 19.5 Å². The Morgan fingerprint density at radius 2 is 1.93 bits per heavy atom. The molecular weight excluding hydrogens is 200 g/mol. The summed E-state index contributed by atoms with van der Waals surface area (Å²) >= 11 is 0. The summed E-state index contributed by atoms with van der Waals surface area (Å²) in [6.45, 7) is -0.447. The Morgan fingerprint density at radius 3 is 2.40 bits per heavy atom. The molecule has 6 nitrogen and oxygen atoms in total. The van der Waals surface area contributed by atoms with Gasteiger partial charge in [-0.1, -0.05) is 0 Å². The Kier molecular flexibility index (Phi) is 3.64. The van der Waals surface area contributed by atoms with Crippen molar-refractivity contribution in [2.75, 3.05) is 12.1 Å². The second-order valence-corrected chi connectivity index (χ2v) is 2.73. The zero-order valence-corrected chi connectivity index (χ0v) is 7.77. The van der Waals surface area contributed by atoms with Crippen LogP contribution in [0.5, 0.6) is 0 Å². The van der Waals surface area contributed by atoms with Gasteiger partial charge in [-0.2, -0.15) is 0 Å². The van der Waals surface area contributed by atoms with Crippen LogP contribution < -0.4 is 11.2 Å². The minimum atomic E-state index is -1.07. The van der Waals surface area contributed by atoms with Crippen molar-refractivity contribution in [3.8, 4) is 0 Å². The molecular formula is C9H10N2O4. The molecule has 1 rings (SSSR count). The van der Waals surface area contributed by atoms with Crippen molar-refractivity contribution in [1.82, 2.24) is 0 Å². The van der Waals surface area contributed by atoms with E-state index in [1.165, 1.54) is 12.1 Å². The second kappa shape index (κ2) is 4.97. The standard InChI is InChI=1S/C9H10N2O4/c10-9(14)6-1-3-7(4-2-6)11-15-5-8(12)13/h1-4,11H,5H2,(H2,10,14)(H,12,13). The molecule has 0 aliphatic heterocycles. The third-order valence-corrected chi connectivity index (χ3v) is 1.56. The van der Waals surface area contributed by atoms with Gasteiger partial charge < -0.3 is 10.8 Å². The van der Waals surface area contributed by atoms with Gasteiger partial charge in [-0.05, 0) is 24.3 Å². The lowest BCUT2D eigenvalue weighted by Crippen LogP contribution is -2.12. The molecule has 0 aliphatic rings. The van der Waals surface area contributed by atoms with E-state index in [0.717, 1.165) is 0 Å². The van der Waals surface area contributed by atoms with Gasteiger partial charge in [-0.25, -0.2) is 4.79 Å². The van der Waals surface area contributed by atoms with Crippen LogP contribution in [0, 0.1) is 0 Å². The van der Waals surface area contributed by atoms with Crippen molar-refractivity contribution in [1.29, 1.82) is 0 Å². The summed E-state index contributed by atoms with van der Waals surface area (Å²) in [7, 11) is 0. The molecule has 0 saturated carbocycles. The topological polar surface area (TPSA) is 102 Å². The average molecular weight is 210 g/mol. The molecule has 0 unspecified atom stereocenters. The molecule has 0 aliphatic carbocycles. The van der Waals surface area contributed by atoms with Gasteiger partial charge in [0.05, 0.1) is 5.69 Å². The summed E-state index contributed by atoms with van der Waals surface area (Å²) in [5.41, 5.74) is 8.36. The van der Waals surface area contributed by atoms with E-state index in [-0.39, 0.29) is 0 Å². The molecule has 0 radical (unpaired) electrons. The van der Waals surface area contributed by atoms with E-state index in [0.29, 0.717) is 11.3 Å². The van der Waals surface area contributed by atoms with E-state index < -0.39 is 18.5 Å². The van der Waals surface area contributed by atoms with Gasteiger partial charge in [0.25, 0.3) is 0 Å². The normalized spacial score (nSPS) is 9.60. The summed E-state index contributed by atoms with van der Waals surface area (Å²) in [4.78, 5) is 25.4. The number of carboxylic acids is 1. The van der Waals surface area contributed by atoms with Crippen molar-refractivity contribution in [2.45, 2.75) is 0 Å². The second-order valence-electron chi connectivity index (χ2n) is 2.73. The lowest BCUT2D eigenvalue weighted by molar-refractivity contribution is -0.141. The molecule has 1 aromatic rings. The molecule has 1 aromatic carbocycles. The molecule has 0 saturated heterocycles. The minimum Gasteiger partial charge on any atom is -0.479 e. The van der Waals surface area contributed by atoms with Crippen LogP contribution in [-0.2, 0) is 9.63 Å². The predicted molar refractivity (Wildman–Crippen MR) is 52.2 cm³/mol. The lowest BCUT2D eigenvalue weighted by Gasteiger charge is -2.04. The van der Waals surface area contributed by atoms with Gasteiger partial charge in [0.2, 0.25) is 5.91 Å². The Hall–Kier alpha value is -2.08. The number of rotatable bonds is 5. The Balaban J connectivity index is 2.50. The molecule has 15 heavy (non-hydrogen) atoms. The van der Waals surface area contributed by atoms with Gasteiger partial charge in [-0.15, -0.1) is 0 Å². The van der Waals surface area contributed by atoms with Gasteiger partial charge in [-0.3, -0.25) is 15.1 Å². The SMILES string of the molecule is NC(=O)c1ccc(NOCC(=O)O)cc1. The number of benzene rings is 1. The summed E-state index contributed by atoms with van der Waals surface area (Å²) < 4.78 is 0. The van der Waals surface area contributed by atoms with Gasteiger partial charge >= 0.3 is 5.97 Å². The average Bonchev–Trinajstić information content (AvgIpc) is 2.18. The number of hydrogen-bond acceptors (Lipinski definition) is 4. The molecule has 0 heterocycles. The fourth-order valence-corrected chi connectivity index (χ4v) is 0.884. The highest BCUT2D eigenvalue weighted by Crippen LogP contribution is 2.08. The molecule has 0 bridgehead atoms. The number of nitrogens with two attached hydrogens (primary N) is 1. The summed E-state index contributed by atoms with van der Waals surface area (Å²) in [5, 5.41) is 8.28. The number of carbonyl (C=O) groups is 2. The van der Waals surface area contributed by atoms with Crippen LogP contribution in [0.4, 0.5) is 5.69 Å². The quantitative estimate of drug-likeness (QED) is 0.603. The number of nitrogens with one attached hydrogen (secondary N) is 1. The van der Waals surface area contributed by atoms with Gasteiger partial charge in [0, 0.05) is 5.56 Å². The van der Waals surface area contributed by atoms with Crippen molar-refractivity contribution in [3.63, 3.8) is 0 Å². The Bertz CT molecular complexity index is 361. The molecule has 0 aromatic heterocycles. The van der Waals surface area contributed by atoms with E-state index >= 15 is 0 Å². The maximum absolute atomic E-state index is 10.7. The number of primary amides is 1. The van der Waals surface area contributed by atoms with E-state index in [2.05, 4.69) is 10.3 Å². The largest absolute Gasteiger partial charge is 0.479 e. The predicted octanol–water partition coefficient (Wildman–Crippen LogP) is 0.214. The first-order valence-corrected chi connectivity index (χ1v) is 4.09. The summed E-state index contributed by atoms with van der Waals surface area (Å²) in [6.07, 6.45) is 0. The molecule has 1 amide bonds. The monoisotopic (exact) mass is 210 g/mol. The van der Waals surface area contributed by atoms with E-state index in [9.17, 15) is 9.59 Å².